The zero-order valence-electron chi connectivity index (χ0n) is 13.8. The summed E-state index contributed by atoms with van der Waals surface area (Å²) < 4.78 is 23.7. The molecule has 1 aliphatic carbocycles. The topological polar surface area (TPSA) is 64.6 Å². The van der Waals surface area contributed by atoms with Gasteiger partial charge in [-0.25, -0.2) is 9.18 Å². The molecule has 0 atom stereocenters. The lowest BCUT2D eigenvalue weighted by Gasteiger charge is -2.11. The van der Waals surface area contributed by atoms with E-state index in [1.165, 1.54) is 19.2 Å². The van der Waals surface area contributed by atoms with Gasteiger partial charge in [0.15, 0.2) is 0 Å². The van der Waals surface area contributed by atoms with Crippen molar-refractivity contribution < 1.29 is 23.5 Å². The minimum absolute atomic E-state index is 0.0173. The van der Waals surface area contributed by atoms with Gasteiger partial charge in [0.2, 0.25) is 5.91 Å². The predicted octanol–water partition coefficient (Wildman–Crippen LogP) is 3.54. The quantitative estimate of drug-likeness (QED) is 0.815. The molecule has 0 spiro atoms. The minimum atomic E-state index is -0.622. The predicted molar refractivity (Wildman–Crippen MR) is 89.9 cm³/mol. The van der Waals surface area contributed by atoms with Crippen LogP contribution in [0, 0.1) is 11.7 Å². The molecule has 1 amide bonds. The SMILES string of the molecule is COC(=O)c1cc(F)ccc1COc1cccc(NC(=O)C2CC2)c1. The Bertz CT molecular complexity index is 802. The van der Waals surface area contributed by atoms with Gasteiger partial charge in [-0.2, -0.15) is 0 Å². The van der Waals surface area contributed by atoms with E-state index in [-0.39, 0.29) is 24.0 Å². The van der Waals surface area contributed by atoms with E-state index in [2.05, 4.69) is 10.1 Å². The molecule has 0 heterocycles. The zero-order chi connectivity index (χ0) is 17.8. The van der Waals surface area contributed by atoms with E-state index < -0.39 is 11.8 Å². The van der Waals surface area contributed by atoms with E-state index in [0.29, 0.717) is 17.0 Å². The largest absolute Gasteiger partial charge is 0.489 e. The maximum absolute atomic E-state index is 13.4. The first kappa shape index (κ1) is 17.0. The van der Waals surface area contributed by atoms with Crippen molar-refractivity contribution in [3.63, 3.8) is 0 Å². The Labute approximate surface area is 144 Å². The molecule has 130 valence electrons. The van der Waals surface area contributed by atoms with Crippen LogP contribution < -0.4 is 10.1 Å². The van der Waals surface area contributed by atoms with Crippen LogP contribution in [-0.4, -0.2) is 19.0 Å². The Kier molecular flexibility index (Phi) is 4.97. The van der Waals surface area contributed by atoms with Gasteiger partial charge in [0.1, 0.15) is 18.2 Å². The number of carbonyl (C=O) groups excluding carboxylic acids is 2. The lowest BCUT2D eigenvalue weighted by Crippen LogP contribution is -2.13. The molecule has 1 saturated carbocycles. The summed E-state index contributed by atoms with van der Waals surface area (Å²) in [5.41, 5.74) is 1.29. The summed E-state index contributed by atoms with van der Waals surface area (Å²) in [7, 11) is 1.24. The average molecular weight is 343 g/mol. The normalized spacial score (nSPS) is 13.2. The Morgan fingerprint density at radius 1 is 1.20 bits per heavy atom. The third-order valence-corrected chi connectivity index (χ3v) is 3.92. The van der Waals surface area contributed by atoms with Gasteiger partial charge in [0.05, 0.1) is 12.7 Å². The summed E-state index contributed by atoms with van der Waals surface area (Å²) in [6.07, 6.45) is 1.87. The van der Waals surface area contributed by atoms with Gasteiger partial charge in [0.25, 0.3) is 0 Å². The van der Waals surface area contributed by atoms with Gasteiger partial charge >= 0.3 is 5.97 Å². The van der Waals surface area contributed by atoms with Crippen molar-refractivity contribution in [3.05, 3.63) is 59.4 Å². The number of anilines is 1. The highest BCUT2D eigenvalue weighted by Gasteiger charge is 2.29. The van der Waals surface area contributed by atoms with Crippen molar-refractivity contribution in [2.24, 2.45) is 5.92 Å². The molecule has 25 heavy (non-hydrogen) atoms. The van der Waals surface area contributed by atoms with Gasteiger partial charge < -0.3 is 14.8 Å². The lowest BCUT2D eigenvalue weighted by atomic mass is 10.1. The van der Waals surface area contributed by atoms with Crippen molar-refractivity contribution in [1.82, 2.24) is 0 Å². The molecule has 0 unspecified atom stereocenters. The van der Waals surface area contributed by atoms with Crippen LogP contribution in [0.2, 0.25) is 0 Å². The van der Waals surface area contributed by atoms with Gasteiger partial charge in [-0.05, 0) is 37.1 Å². The average Bonchev–Trinajstić information content (AvgIpc) is 3.45. The number of hydrogen-bond donors (Lipinski definition) is 1. The first-order chi connectivity index (χ1) is 12.1. The monoisotopic (exact) mass is 343 g/mol. The van der Waals surface area contributed by atoms with Gasteiger partial charge in [0, 0.05) is 23.2 Å². The fourth-order valence-electron chi connectivity index (χ4n) is 2.39. The van der Waals surface area contributed by atoms with Crippen LogP contribution >= 0.6 is 0 Å². The summed E-state index contributed by atoms with van der Waals surface area (Å²) in [5, 5.41) is 2.85. The number of nitrogens with one attached hydrogen (secondary N) is 1. The van der Waals surface area contributed by atoms with E-state index in [1.54, 1.807) is 24.3 Å². The van der Waals surface area contributed by atoms with Crippen LogP contribution in [0.25, 0.3) is 0 Å². The number of benzene rings is 2. The number of rotatable bonds is 6. The van der Waals surface area contributed by atoms with E-state index in [0.717, 1.165) is 18.9 Å². The fraction of sp³-hybridized carbons (Fsp3) is 0.263. The molecule has 1 fully saturated rings. The van der Waals surface area contributed by atoms with E-state index in [4.69, 9.17) is 4.74 Å². The Balaban J connectivity index is 1.69. The summed E-state index contributed by atoms with van der Waals surface area (Å²) in [4.78, 5) is 23.6. The highest BCUT2D eigenvalue weighted by Crippen LogP contribution is 2.30. The van der Waals surface area contributed by atoms with Crippen LogP contribution in [-0.2, 0) is 16.1 Å². The van der Waals surface area contributed by atoms with Gasteiger partial charge in [-0.3, -0.25) is 4.79 Å². The molecule has 5 nitrogen and oxygen atoms in total. The Hall–Kier alpha value is -2.89. The highest BCUT2D eigenvalue weighted by molar-refractivity contribution is 5.94. The summed E-state index contributed by atoms with van der Waals surface area (Å²) in [6.45, 7) is 0.0741. The Morgan fingerprint density at radius 3 is 2.72 bits per heavy atom. The van der Waals surface area contributed by atoms with Crippen molar-refractivity contribution in [1.29, 1.82) is 0 Å². The van der Waals surface area contributed by atoms with E-state index in [1.807, 2.05) is 0 Å². The molecule has 1 N–H and O–H groups in total. The smallest absolute Gasteiger partial charge is 0.338 e. The van der Waals surface area contributed by atoms with Crippen LogP contribution in [0.5, 0.6) is 5.75 Å². The molecular formula is C19H18FNO4. The number of ether oxygens (including phenoxy) is 2. The van der Waals surface area contributed by atoms with E-state index in [9.17, 15) is 14.0 Å². The van der Waals surface area contributed by atoms with Gasteiger partial charge in [-0.1, -0.05) is 12.1 Å². The van der Waals surface area contributed by atoms with Gasteiger partial charge in [-0.15, -0.1) is 0 Å². The molecule has 2 aromatic carbocycles. The molecule has 0 saturated heterocycles. The van der Waals surface area contributed by atoms with Crippen molar-refractivity contribution >= 4 is 17.6 Å². The summed E-state index contributed by atoms with van der Waals surface area (Å²) in [5.74, 6) is -0.471. The molecule has 6 heteroatoms. The molecule has 1 aliphatic rings. The van der Waals surface area contributed by atoms with Crippen LogP contribution in [0.3, 0.4) is 0 Å². The van der Waals surface area contributed by atoms with Crippen molar-refractivity contribution in [3.8, 4) is 5.75 Å². The zero-order valence-corrected chi connectivity index (χ0v) is 13.8. The number of hydrogen-bond acceptors (Lipinski definition) is 4. The number of amides is 1. The molecule has 3 rings (SSSR count). The molecule has 2 aromatic rings. The molecular weight excluding hydrogens is 325 g/mol. The third-order valence-electron chi connectivity index (χ3n) is 3.92. The van der Waals surface area contributed by atoms with Crippen molar-refractivity contribution in [2.75, 3.05) is 12.4 Å². The first-order valence-corrected chi connectivity index (χ1v) is 7.97. The maximum atomic E-state index is 13.4. The van der Waals surface area contributed by atoms with Crippen LogP contribution in [0.15, 0.2) is 42.5 Å². The maximum Gasteiger partial charge on any atom is 0.338 e. The number of carbonyl (C=O) groups is 2. The Morgan fingerprint density at radius 2 is 2.00 bits per heavy atom. The van der Waals surface area contributed by atoms with Crippen molar-refractivity contribution in [2.45, 2.75) is 19.4 Å². The molecule has 0 aromatic heterocycles. The molecule has 0 bridgehead atoms. The second kappa shape index (κ2) is 7.34. The molecule has 0 aliphatic heterocycles. The number of esters is 1. The first-order valence-electron chi connectivity index (χ1n) is 7.97. The number of halogens is 1. The second-order valence-corrected chi connectivity index (χ2v) is 5.87. The minimum Gasteiger partial charge on any atom is -0.489 e. The second-order valence-electron chi connectivity index (χ2n) is 5.87. The number of methoxy groups -OCH3 is 1. The lowest BCUT2D eigenvalue weighted by molar-refractivity contribution is -0.117. The van der Waals surface area contributed by atoms with E-state index >= 15 is 0 Å². The fourth-order valence-corrected chi connectivity index (χ4v) is 2.39. The highest BCUT2D eigenvalue weighted by atomic mass is 19.1. The summed E-state index contributed by atoms with van der Waals surface area (Å²) >= 11 is 0. The van der Waals surface area contributed by atoms with Crippen LogP contribution in [0.4, 0.5) is 10.1 Å². The third kappa shape index (κ3) is 4.35. The standard InChI is InChI=1S/C19H18FNO4/c1-24-19(23)17-9-14(20)8-7-13(17)11-25-16-4-2-3-15(10-16)21-18(22)12-5-6-12/h2-4,7-10,12H,5-6,11H2,1H3,(H,21,22). The molecule has 0 radical (unpaired) electrons. The summed E-state index contributed by atoms with van der Waals surface area (Å²) in [6, 6.07) is 10.9. The van der Waals surface area contributed by atoms with Crippen LogP contribution in [0.1, 0.15) is 28.8 Å².